The number of carbonyl (C=O) groups is 1. The van der Waals surface area contributed by atoms with E-state index in [2.05, 4.69) is 51.1 Å². The van der Waals surface area contributed by atoms with Gasteiger partial charge in [-0.25, -0.2) is 15.0 Å². The van der Waals surface area contributed by atoms with Gasteiger partial charge in [-0.1, -0.05) is 6.07 Å². The van der Waals surface area contributed by atoms with Crippen molar-refractivity contribution in [3.8, 4) is 11.4 Å². The molecular formula is C22H29N7O. The summed E-state index contributed by atoms with van der Waals surface area (Å²) in [5, 5.41) is 3.05. The summed E-state index contributed by atoms with van der Waals surface area (Å²) in [6.07, 6.45) is 3.70. The van der Waals surface area contributed by atoms with E-state index in [4.69, 9.17) is 4.98 Å². The molecular weight excluding hydrogens is 378 g/mol. The Balaban J connectivity index is 1.69. The van der Waals surface area contributed by atoms with Crippen molar-refractivity contribution in [2.24, 2.45) is 0 Å². The third-order valence-corrected chi connectivity index (χ3v) is 5.43. The summed E-state index contributed by atoms with van der Waals surface area (Å²) >= 11 is 0. The summed E-state index contributed by atoms with van der Waals surface area (Å²) in [4.78, 5) is 33.9. The number of carbonyl (C=O) groups excluding carboxylic acids is 1. The molecule has 8 heteroatoms. The van der Waals surface area contributed by atoms with E-state index < -0.39 is 0 Å². The quantitative estimate of drug-likeness (QED) is 0.597. The molecule has 1 amide bonds. The van der Waals surface area contributed by atoms with E-state index in [9.17, 15) is 4.79 Å². The lowest BCUT2D eigenvalue weighted by Gasteiger charge is -2.23. The van der Waals surface area contributed by atoms with Gasteiger partial charge in [-0.05, 0) is 58.5 Å². The number of aromatic amines is 1. The summed E-state index contributed by atoms with van der Waals surface area (Å²) in [7, 11) is 4.12. The van der Waals surface area contributed by atoms with E-state index in [0.717, 1.165) is 54.9 Å². The number of rotatable bonds is 8. The highest BCUT2D eigenvalue weighted by molar-refractivity contribution is 5.96. The predicted molar refractivity (Wildman–Crippen MR) is 119 cm³/mol. The summed E-state index contributed by atoms with van der Waals surface area (Å²) in [6.45, 7) is 6.77. The Bertz CT molecular complexity index is 1050. The Kier molecular flexibility index (Phi) is 5.67. The van der Waals surface area contributed by atoms with E-state index >= 15 is 0 Å². The highest BCUT2D eigenvalue weighted by Crippen LogP contribution is 2.28. The minimum atomic E-state index is -0.0313. The number of amides is 1. The molecule has 158 valence electrons. The van der Waals surface area contributed by atoms with Crippen molar-refractivity contribution in [2.75, 3.05) is 38.6 Å². The van der Waals surface area contributed by atoms with Gasteiger partial charge in [-0.3, -0.25) is 4.79 Å². The predicted octanol–water partition coefficient (Wildman–Crippen LogP) is 2.61. The first-order valence-corrected chi connectivity index (χ1v) is 10.5. The van der Waals surface area contributed by atoms with E-state index in [0.29, 0.717) is 23.1 Å². The van der Waals surface area contributed by atoms with Gasteiger partial charge in [0, 0.05) is 36.8 Å². The van der Waals surface area contributed by atoms with Gasteiger partial charge >= 0.3 is 0 Å². The first-order valence-electron chi connectivity index (χ1n) is 10.5. The van der Waals surface area contributed by atoms with Gasteiger partial charge in [0.15, 0.2) is 11.5 Å². The van der Waals surface area contributed by atoms with Crippen molar-refractivity contribution < 1.29 is 4.79 Å². The van der Waals surface area contributed by atoms with Crippen LogP contribution in [0, 0.1) is 6.92 Å². The Morgan fingerprint density at radius 3 is 2.73 bits per heavy atom. The molecule has 1 aliphatic carbocycles. The van der Waals surface area contributed by atoms with Gasteiger partial charge in [0.2, 0.25) is 0 Å². The largest absolute Gasteiger partial charge is 0.354 e. The number of aromatic nitrogens is 4. The molecule has 0 radical (unpaired) electrons. The standard InChI is InChI=1S/C22H29N7O/c1-5-29(11-10-28(3)4)21-18-20(23-13-24-21)27-19(26-18)17-12-15(7-6-14(17)2)22(30)25-16-8-9-16/h6-7,12-13,16H,5,8-11H2,1-4H3,(H,25,30)(H,23,24,26,27). The number of anilines is 1. The highest BCUT2D eigenvalue weighted by Gasteiger charge is 2.24. The second kappa shape index (κ2) is 8.39. The van der Waals surface area contributed by atoms with Gasteiger partial charge in [0.25, 0.3) is 5.91 Å². The van der Waals surface area contributed by atoms with Crippen LogP contribution < -0.4 is 10.2 Å². The van der Waals surface area contributed by atoms with Crippen LogP contribution in [0.4, 0.5) is 5.82 Å². The molecule has 8 nitrogen and oxygen atoms in total. The van der Waals surface area contributed by atoms with Gasteiger partial charge in [0.1, 0.15) is 17.7 Å². The lowest BCUT2D eigenvalue weighted by atomic mass is 10.0. The van der Waals surface area contributed by atoms with Gasteiger partial charge < -0.3 is 20.1 Å². The van der Waals surface area contributed by atoms with Crippen molar-refractivity contribution in [1.82, 2.24) is 30.2 Å². The van der Waals surface area contributed by atoms with E-state index in [1.54, 1.807) is 6.33 Å². The SMILES string of the molecule is CCN(CCN(C)C)c1ncnc2nc(-c3cc(C(=O)NC4CC4)ccc3C)[nH]c12. The smallest absolute Gasteiger partial charge is 0.251 e. The molecule has 30 heavy (non-hydrogen) atoms. The first-order chi connectivity index (χ1) is 14.5. The zero-order valence-electron chi connectivity index (χ0n) is 18.1. The maximum atomic E-state index is 12.5. The van der Waals surface area contributed by atoms with Crippen molar-refractivity contribution in [3.05, 3.63) is 35.7 Å². The fourth-order valence-electron chi connectivity index (χ4n) is 3.43. The van der Waals surface area contributed by atoms with Crippen LogP contribution in [0.15, 0.2) is 24.5 Å². The molecule has 2 aromatic heterocycles. The monoisotopic (exact) mass is 407 g/mol. The molecule has 2 heterocycles. The van der Waals surface area contributed by atoms with Crippen LogP contribution >= 0.6 is 0 Å². The van der Waals surface area contributed by atoms with Crippen molar-refractivity contribution in [2.45, 2.75) is 32.7 Å². The highest BCUT2D eigenvalue weighted by atomic mass is 16.1. The lowest BCUT2D eigenvalue weighted by Crippen LogP contribution is -2.32. The second-order valence-corrected chi connectivity index (χ2v) is 8.14. The van der Waals surface area contributed by atoms with E-state index in [1.165, 1.54) is 0 Å². The van der Waals surface area contributed by atoms with Crippen molar-refractivity contribution in [1.29, 1.82) is 0 Å². The maximum absolute atomic E-state index is 12.5. The summed E-state index contributed by atoms with van der Waals surface area (Å²) < 4.78 is 0. The van der Waals surface area contributed by atoms with Crippen LogP contribution in [0.2, 0.25) is 0 Å². The first kappa shape index (κ1) is 20.3. The molecule has 1 aromatic carbocycles. The Morgan fingerprint density at radius 2 is 2.03 bits per heavy atom. The van der Waals surface area contributed by atoms with Crippen LogP contribution in [-0.2, 0) is 0 Å². The third-order valence-electron chi connectivity index (χ3n) is 5.43. The number of aryl methyl sites for hydroxylation is 1. The lowest BCUT2D eigenvalue weighted by molar-refractivity contribution is 0.0951. The molecule has 1 aliphatic rings. The summed E-state index contributed by atoms with van der Waals surface area (Å²) in [5.74, 6) is 1.52. The minimum absolute atomic E-state index is 0.0313. The topological polar surface area (TPSA) is 90.0 Å². The van der Waals surface area contributed by atoms with Crippen LogP contribution in [0.5, 0.6) is 0 Å². The van der Waals surface area contributed by atoms with Gasteiger partial charge in [0.05, 0.1) is 0 Å². The number of fused-ring (bicyclic) bond motifs is 1. The third kappa shape index (κ3) is 4.28. The fraction of sp³-hybridized carbons (Fsp3) is 0.455. The van der Waals surface area contributed by atoms with Crippen LogP contribution in [0.25, 0.3) is 22.6 Å². The average molecular weight is 408 g/mol. The van der Waals surface area contributed by atoms with Gasteiger partial charge in [-0.15, -0.1) is 0 Å². The Morgan fingerprint density at radius 1 is 1.23 bits per heavy atom. The number of hydrogen-bond acceptors (Lipinski definition) is 6. The molecule has 0 bridgehead atoms. The number of nitrogens with one attached hydrogen (secondary N) is 2. The molecule has 1 fully saturated rings. The summed E-state index contributed by atoms with van der Waals surface area (Å²) in [5.41, 5.74) is 4.05. The van der Waals surface area contributed by atoms with Crippen LogP contribution in [0.1, 0.15) is 35.7 Å². The second-order valence-electron chi connectivity index (χ2n) is 8.14. The Labute approximate surface area is 176 Å². The summed E-state index contributed by atoms with van der Waals surface area (Å²) in [6, 6.07) is 6.06. The van der Waals surface area contributed by atoms with Crippen LogP contribution in [0.3, 0.4) is 0 Å². The molecule has 0 unspecified atom stereocenters. The fourth-order valence-corrected chi connectivity index (χ4v) is 3.43. The maximum Gasteiger partial charge on any atom is 0.251 e. The molecule has 0 spiro atoms. The van der Waals surface area contributed by atoms with E-state index in [1.807, 2.05) is 25.1 Å². The number of benzene rings is 1. The zero-order valence-corrected chi connectivity index (χ0v) is 18.1. The van der Waals surface area contributed by atoms with Crippen LogP contribution in [-0.4, -0.2) is 70.5 Å². The Hall–Kier alpha value is -3.00. The molecule has 2 N–H and O–H groups in total. The number of hydrogen-bond donors (Lipinski definition) is 2. The molecule has 0 atom stereocenters. The van der Waals surface area contributed by atoms with Crippen molar-refractivity contribution in [3.63, 3.8) is 0 Å². The molecule has 0 saturated heterocycles. The molecule has 3 aromatic rings. The number of nitrogens with zero attached hydrogens (tertiary/aromatic N) is 5. The number of likely N-dealkylation sites (N-methyl/N-ethyl adjacent to an activating group) is 2. The van der Waals surface area contributed by atoms with Gasteiger partial charge in [-0.2, -0.15) is 0 Å². The minimum Gasteiger partial charge on any atom is -0.354 e. The molecule has 1 saturated carbocycles. The zero-order chi connectivity index (χ0) is 21.3. The van der Waals surface area contributed by atoms with E-state index in [-0.39, 0.29) is 5.91 Å². The van der Waals surface area contributed by atoms with Crippen molar-refractivity contribution >= 4 is 22.9 Å². The molecule has 0 aliphatic heterocycles. The number of H-pyrrole nitrogens is 1. The molecule has 4 rings (SSSR count). The normalized spacial score (nSPS) is 13.8. The average Bonchev–Trinajstić information content (AvgIpc) is 3.43. The number of imidazole rings is 1.